The van der Waals surface area contributed by atoms with Gasteiger partial charge in [-0.1, -0.05) is 11.2 Å². The number of aromatic nitrogens is 4. The van der Waals surface area contributed by atoms with Gasteiger partial charge in [0, 0.05) is 17.0 Å². The molecule has 4 rings (SSSR count). The third-order valence-corrected chi connectivity index (χ3v) is 4.15. The van der Waals surface area contributed by atoms with Gasteiger partial charge in [-0.3, -0.25) is 4.79 Å². The molecule has 0 spiro atoms. The van der Waals surface area contributed by atoms with Crippen molar-refractivity contribution < 1.29 is 18.2 Å². The van der Waals surface area contributed by atoms with Crippen LogP contribution in [-0.2, 0) is 0 Å². The van der Waals surface area contributed by atoms with Crippen LogP contribution in [0.1, 0.15) is 39.3 Å². The van der Waals surface area contributed by atoms with E-state index >= 15 is 0 Å². The second kappa shape index (κ2) is 7.02. The second-order valence-electron chi connectivity index (χ2n) is 5.99. The molecular weight excluding hydrogens is 348 g/mol. The van der Waals surface area contributed by atoms with Gasteiger partial charge in [0.2, 0.25) is 11.7 Å². The minimum atomic E-state index is -2.65. The fourth-order valence-electron chi connectivity index (χ4n) is 2.68. The largest absolute Gasteiger partial charge is 0.494 e. The highest BCUT2D eigenvalue weighted by Gasteiger charge is 2.30. The summed E-state index contributed by atoms with van der Waals surface area (Å²) in [7, 11) is 1.50. The number of hydrogen-bond acceptors (Lipinski definition) is 8. The lowest BCUT2D eigenvalue weighted by Gasteiger charge is -2.14. The highest BCUT2D eigenvalue weighted by molar-refractivity contribution is 5.98. The summed E-state index contributed by atoms with van der Waals surface area (Å²) in [4.78, 5) is 16.8. The molecule has 1 aliphatic carbocycles. The van der Waals surface area contributed by atoms with Crippen molar-refractivity contribution >= 4 is 17.3 Å². The molecule has 2 N–H and O–H groups in total. The van der Waals surface area contributed by atoms with E-state index in [1.807, 2.05) is 5.32 Å². The van der Waals surface area contributed by atoms with Gasteiger partial charge in [-0.25, -0.2) is 0 Å². The number of benzene rings is 1. The van der Waals surface area contributed by atoms with Gasteiger partial charge in [0.25, 0.3) is 5.91 Å². The summed E-state index contributed by atoms with van der Waals surface area (Å²) in [6.45, 7) is -2.65. The number of ether oxygens (including phenoxy) is 1. The Balaban J connectivity index is 1.66. The molecule has 1 aliphatic rings. The first-order valence-corrected chi connectivity index (χ1v) is 8.28. The first-order chi connectivity index (χ1) is 14.4. The Hall–Kier alpha value is -3.49. The molecule has 1 amide bonds. The predicted octanol–water partition coefficient (Wildman–Crippen LogP) is 2.52. The molecule has 9 nitrogen and oxygen atoms in total. The third-order valence-electron chi connectivity index (χ3n) is 4.15. The number of carbonyl (C=O) groups is 1. The molecular formula is C18H18N6O3. The molecule has 0 bridgehead atoms. The van der Waals surface area contributed by atoms with Crippen molar-refractivity contribution in [3.8, 4) is 17.1 Å². The SMILES string of the molecule is [2H]C([2H])([2H])NC(=O)c1nnccc1Nc1cccc(-c2noc(C3CC3)n2)c1OC. The van der Waals surface area contributed by atoms with Gasteiger partial charge in [-0.05, 0) is 31.0 Å². The number of methoxy groups -OCH3 is 1. The van der Waals surface area contributed by atoms with Crippen LogP contribution in [0.15, 0.2) is 35.0 Å². The van der Waals surface area contributed by atoms with E-state index < -0.39 is 12.9 Å². The molecule has 0 unspecified atom stereocenters. The van der Waals surface area contributed by atoms with E-state index in [0.29, 0.717) is 34.6 Å². The highest BCUT2D eigenvalue weighted by atomic mass is 16.5. The van der Waals surface area contributed by atoms with E-state index in [1.54, 1.807) is 18.2 Å². The predicted molar refractivity (Wildman–Crippen MR) is 97.0 cm³/mol. The van der Waals surface area contributed by atoms with Gasteiger partial charge in [0.15, 0.2) is 11.4 Å². The summed E-state index contributed by atoms with van der Waals surface area (Å²) in [6, 6.07) is 6.80. The van der Waals surface area contributed by atoms with Gasteiger partial charge in [-0.15, -0.1) is 5.10 Å². The number of nitrogens with zero attached hydrogens (tertiary/aromatic N) is 4. The number of rotatable bonds is 6. The number of nitrogens with one attached hydrogen (secondary N) is 2. The highest BCUT2D eigenvalue weighted by Crippen LogP contribution is 2.41. The van der Waals surface area contributed by atoms with E-state index in [2.05, 4.69) is 25.7 Å². The molecule has 2 heterocycles. The van der Waals surface area contributed by atoms with Crippen LogP contribution in [0.25, 0.3) is 11.4 Å². The zero-order valence-electron chi connectivity index (χ0n) is 17.4. The zero-order chi connectivity index (χ0) is 21.3. The topological polar surface area (TPSA) is 115 Å². The summed E-state index contributed by atoms with van der Waals surface area (Å²) in [5.41, 5.74) is 1.20. The van der Waals surface area contributed by atoms with E-state index in [-0.39, 0.29) is 11.4 Å². The number of anilines is 2. The van der Waals surface area contributed by atoms with Crippen molar-refractivity contribution in [2.24, 2.45) is 0 Å². The number of carbonyl (C=O) groups excluding carboxylic acids is 1. The van der Waals surface area contributed by atoms with Gasteiger partial charge in [-0.2, -0.15) is 10.1 Å². The Kier molecular flexibility index (Phi) is 3.56. The Labute approximate surface area is 159 Å². The summed E-state index contributed by atoms with van der Waals surface area (Å²) >= 11 is 0. The van der Waals surface area contributed by atoms with Crippen molar-refractivity contribution in [3.63, 3.8) is 0 Å². The Morgan fingerprint density at radius 3 is 3.00 bits per heavy atom. The first kappa shape index (κ1) is 13.7. The number of amides is 1. The van der Waals surface area contributed by atoms with Crippen LogP contribution in [0.2, 0.25) is 0 Å². The van der Waals surface area contributed by atoms with Crippen molar-refractivity contribution in [2.75, 3.05) is 19.4 Å². The number of hydrogen-bond donors (Lipinski definition) is 2. The monoisotopic (exact) mass is 369 g/mol. The van der Waals surface area contributed by atoms with E-state index in [1.165, 1.54) is 19.4 Å². The smallest absolute Gasteiger partial charge is 0.273 e. The van der Waals surface area contributed by atoms with E-state index in [0.717, 1.165) is 12.8 Å². The van der Waals surface area contributed by atoms with Crippen LogP contribution in [0.4, 0.5) is 11.4 Å². The normalized spacial score (nSPS) is 15.4. The summed E-state index contributed by atoms with van der Waals surface area (Å²) in [6.07, 6.45) is 3.46. The van der Waals surface area contributed by atoms with Crippen molar-refractivity contribution in [3.05, 3.63) is 42.0 Å². The van der Waals surface area contributed by atoms with Gasteiger partial charge < -0.3 is 19.9 Å². The quantitative estimate of drug-likeness (QED) is 0.681. The fourth-order valence-corrected chi connectivity index (χ4v) is 2.68. The van der Waals surface area contributed by atoms with Gasteiger partial charge >= 0.3 is 0 Å². The molecule has 0 saturated heterocycles. The minimum absolute atomic E-state index is 0.170. The average molecular weight is 369 g/mol. The molecule has 0 radical (unpaired) electrons. The molecule has 2 aromatic heterocycles. The summed E-state index contributed by atoms with van der Waals surface area (Å²) < 4.78 is 32.5. The Morgan fingerprint density at radius 2 is 2.22 bits per heavy atom. The van der Waals surface area contributed by atoms with Crippen LogP contribution in [0.3, 0.4) is 0 Å². The van der Waals surface area contributed by atoms with Gasteiger partial charge in [0.05, 0.1) is 30.2 Å². The molecule has 1 fully saturated rings. The van der Waals surface area contributed by atoms with Crippen molar-refractivity contribution in [1.82, 2.24) is 25.7 Å². The molecule has 3 aromatic rings. The zero-order valence-corrected chi connectivity index (χ0v) is 14.4. The van der Waals surface area contributed by atoms with Crippen molar-refractivity contribution in [2.45, 2.75) is 18.8 Å². The fraction of sp³-hybridized carbons (Fsp3) is 0.278. The van der Waals surface area contributed by atoms with Crippen LogP contribution >= 0.6 is 0 Å². The molecule has 138 valence electrons. The average Bonchev–Trinajstić information content (AvgIpc) is 3.44. The maximum atomic E-state index is 12.3. The second-order valence-corrected chi connectivity index (χ2v) is 5.99. The van der Waals surface area contributed by atoms with Crippen LogP contribution in [0, 0.1) is 0 Å². The lowest BCUT2D eigenvalue weighted by atomic mass is 10.1. The Morgan fingerprint density at radius 1 is 1.33 bits per heavy atom. The summed E-state index contributed by atoms with van der Waals surface area (Å²) in [5, 5.41) is 16.4. The maximum absolute atomic E-state index is 12.3. The molecule has 9 heteroatoms. The standard InChI is InChI=1S/C18H18N6O3/c1-19-17(25)14-12(8-9-20-23-14)21-13-5-3-4-11(15(13)26-2)16-22-18(27-24-16)10-6-7-10/h3-5,8-10H,6-7H2,1-2H3,(H,19,25)(H,20,21)/i1D3. The molecule has 0 atom stereocenters. The molecule has 0 aliphatic heterocycles. The molecule has 1 aromatic carbocycles. The Bertz CT molecular complexity index is 1080. The minimum Gasteiger partial charge on any atom is -0.494 e. The van der Waals surface area contributed by atoms with Crippen LogP contribution < -0.4 is 15.4 Å². The first-order valence-electron chi connectivity index (χ1n) is 9.78. The third kappa shape index (κ3) is 3.31. The molecule has 27 heavy (non-hydrogen) atoms. The van der Waals surface area contributed by atoms with E-state index in [4.69, 9.17) is 13.4 Å². The van der Waals surface area contributed by atoms with Crippen molar-refractivity contribution in [1.29, 1.82) is 0 Å². The number of para-hydroxylation sites is 1. The lowest BCUT2D eigenvalue weighted by Crippen LogP contribution is -2.21. The summed E-state index contributed by atoms with van der Waals surface area (Å²) in [5.74, 6) is 0.867. The lowest BCUT2D eigenvalue weighted by molar-refractivity contribution is 0.0958. The van der Waals surface area contributed by atoms with Gasteiger partial charge in [0.1, 0.15) is 0 Å². The maximum Gasteiger partial charge on any atom is 0.273 e. The van der Waals surface area contributed by atoms with Crippen LogP contribution in [0.5, 0.6) is 5.75 Å². The van der Waals surface area contributed by atoms with E-state index in [9.17, 15) is 4.79 Å². The molecule has 1 saturated carbocycles. The van der Waals surface area contributed by atoms with Crippen LogP contribution in [-0.4, -0.2) is 40.3 Å².